The van der Waals surface area contributed by atoms with E-state index in [1.165, 1.54) is 0 Å². The molecule has 1 aliphatic heterocycles. The average Bonchev–Trinajstić information content (AvgIpc) is 2.66. The van der Waals surface area contributed by atoms with E-state index in [0.29, 0.717) is 11.1 Å². The van der Waals surface area contributed by atoms with Gasteiger partial charge in [-0.15, -0.1) is 0 Å². The molecular weight excluding hydrogens is 568 g/mol. The summed E-state index contributed by atoms with van der Waals surface area (Å²) in [4.78, 5) is 0. The quantitative estimate of drug-likeness (QED) is 0.345. The van der Waals surface area contributed by atoms with Gasteiger partial charge >= 0.3 is 208 Å². The van der Waals surface area contributed by atoms with Crippen LogP contribution in [0.15, 0.2) is 48.5 Å². The van der Waals surface area contributed by atoms with E-state index in [-0.39, 0.29) is 11.1 Å². The maximum absolute atomic E-state index is 9.15. The van der Waals surface area contributed by atoms with E-state index in [0.717, 1.165) is 11.4 Å². The van der Waals surface area contributed by atoms with Crippen LogP contribution in [0.1, 0.15) is 52.7 Å². The molecule has 0 aromatic heterocycles. The molecule has 0 aliphatic carbocycles. The van der Waals surface area contributed by atoms with E-state index in [1.54, 1.807) is 0 Å². The van der Waals surface area contributed by atoms with Gasteiger partial charge in [-0.3, -0.25) is 0 Å². The van der Waals surface area contributed by atoms with Gasteiger partial charge in [-0.25, -0.2) is 0 Å². The van der Waals surface area contributed by atoms with Crippen molar-refractivity contribution in [2.45, 2.75) is 52.6 Å². The number of nitrogens with zero attached hydrogens (tertiary/aromatic N) is 4. The summed E-state index contributed by atoms with van der Waals surface area (Å²) in [6.07, 6.45) is 0. The predicted octanol–water partition coefficient (Wildman–Crippen LogP) is 5.82. The van der Waals surface area contributed by atoms with Crippen LogP contribution >= 0.6 is 12.1 Å². The van der Waals surface area contributed by atoms with Crippen molar-refractivity contribution in [2.24, 2.45) is 0 Å². The molecule has 2 aromatic rings. The first kappa shape index (κ1) is 25.1. The van der Waals surface area contributed by atoms with Gasteiger partial charge in [-0.1, -0.05) is 0 Å². The van der Waals surface area contributed by atoms with Crippen molar-refractivity contribution in [1.82, 2.24) is 0 Å². The van der Waals surface area contributed by atoms with Gasteiger partial charge in [0.25, 0.3) is 0 Å². The molecule has 3 rings (SSSR count). The summed E-state index contributed by atoms with van der Waals surface area (Å²) in [5, 5.41) is 25.9. The molecule has 0 spiro atoms. The monoisotopic (exact) mass is 598 g/mol. The van der Waals surface area contributed by atoms with Crippen molar-refractivity contribution in [3.05, 3.63) is 59.7 Å². The molecule has 0 bridgehead atoms. The van der Waals surface area contributed by atoms with Gasteiger partial charge in [-0.2, -0.15) is 0 Å². The van der Waals surface area contributed by atoms with Gasteiger partial charge in [0.1, 0.15) is 0 Å². The summed E-state index contributed by atoms with van der Waals surface area (Å²) < 4.78 is 5.10. The second-order valence-corrected chi connectivity index (χ2v) is 20.9. The topological polar surface area (TPSA) is 77.7 Å². The first-order valence-corrected chi connectivity index (χ1v) is 18.0. The number of anilines is 2. The Labute approximate surface area is 207 Å². The van der Waals surface area contributed by atoms with Crippen LogP contribution in [0.5, 0.6) is 0 Å². The molecule has 0 amide bonds. The Bertz CT molecular complexity index is 1120. The fourth-order valence-corrected chi connectivity index (χ4v) is 32.1. The van der Waals surface area contributed by atoms with Crippen molar-refractivity contribution >= 4 is 54.6 Å². The normalized spacial score (nSPS) is 23.1. The molecule has 0 saturated heterocycles. The third-order valence-electron chi connectivity index (χ3n) is 4.80. The zero-order valence-corrected chi connectivity index (χ0v) is 24.3. The Hall–Kier alpha value is -1.48. The van der Waals surface area contributed by atoms with Crippen LogP contribution in [0.4, 0.5) is 11.4 Å². The molecule has 2 N–H and O–H groups in total. The van der Waals surface area contributed by atoms with Crippen molar-refractivity contribution in [3.8, 4) is 12.1 Å². The molecule has 10 heteroatoms. The number of hydrogen-bond donors (Lipinski definition) is 2. The third kappa shape index (κ3) is 4.60. The van der Waals surface area contributed by atoms with Gasteiger partial charge < -0.3 is 0 Å². The second-order valence-electron chi connectivity index (χ2n) is 9.61. The van der Waals surface area contributed by atoms with Crippen LogP contribution in [0.3, 0.4) is 0 Å². The molecule has 1 heterocycles. The number of nitriles is 2. The molecule has 6 nitrogen and oxygen atoms in total. The molecule has 2 aromatic carbocycles. The summed E-state index contributed by atoms with van der Waals surface area (Å²) in [6, 6.07) is 15.4. The van der Waals surface area contributed by atoms with E-state index in [4.69, 9.17) is 10.5 Å². The molecule has 0 fully saturated rings. The third-order valence-corrected chi connectivity index (χ3v) is 22.0. The molecule has 0 atom stereocenters. The van der Waals surface area contributed by atoms with E-state index in [9.17, 15) is 0 Å². The van der Waals surface area contributed by atoms with Crippen LogP contribution in [-0.2, 0) is 0 Å². The van der Waals surface area contributed by atoms with Gasteiger partial charge in [0.15, 0.2) is 0 Å². The van der Waals surface area contributed by atoms with Crippen LogP contribution < -0.4 is 10.2 Å². The van der Waals surface area contributed by atoms with Crippen LogP contribution in [0.25, 0.3) is 0 Å². The Morgan fingerprint density at radius 2 is 0.938 bits per heavy atom. The Morgan fingerprint density at radius 1 is 0.656 bits per heavy atom. The van der Waals surface area contributed by atoms with E-state index < -0.39 is 12.1 Å². The van der Waals surface area contributed by atoms with Gasteiger partial charge in [0.2, 0.25) is 0 Å². The van der Waals surface area contributed by atoms with Crippen LogP contribution in [-0.4, -0.2) is 50.4 Å². The molecule has 0 saturated carbocycles. The van der Waals surface area contributed by atoms with Crippen molar-refractivity contribution < 1.29 is 8.20 Å². The SMILES string of the molecule is CC(C)(C)[N+]1=P([Se-])(Nc2ccc(C#N)cc2)[N+](C(C)(C)C)=P1([Se-])Nc1ccc(C#N)cc1. The van der Waals surface area contributed by atoms with Gasteiger partial charge in [-0.05, 0) is 0 Å². The van der Waals surface area contributed by atoms with E-state index >= 15 is 0 Å². The molecule has 1 aliphatic rings. The first-order valence-electron chi connectivity index (χ1n) is 10.1. The van der Waals surface area contributed by atoms with Crippen LogP contribution in [0, 0.1) is 22.7 Å². The predicted molar refractivity (Wildman–Crippen MR) is 135 cm³/mol. The molecule has 168 valence electrons. The minimum absolute atomic E-state index is 0.140. The Balaban J connectivity index is 2.18. The summed E-state index contributed by atoms with van der Waals surface area (Å²) in [5.41, 5.74) is 2.96. The first-order chi connectivity index (χ1) is 14.8. The Kier molecular flexibility index (Phi) is 6.84. The molecule has 0 radical (unpaired) electrons. The summed E-state index contributed by atoms with van der Waals surface area (Å²) in [7, 11) is 0. The standard InChI is InChI=1S/C22H26N6P2Se2/c1-21(2,3)27-29(31,25-19-11-7-17(15-23)8-12-19)28(22(4,5)6)30(27,32)26-20-13-9-18(16-24)10-14-20/h7-14H,1-6H3/q-2/p+2. The van der Waals surface area contributed by atoms with E-state index in [2.05, 4.69) is 103 Å². The number of hydrogen-bond acceptors (Lipinski definition) is 4. The molecule has 32 heavy (non-hydrogen) atoms. The summed E-state index contributed by atoms with van der Waals surface area (Å²) in [5.74, 6) is 0. The van der Waals surface area contributed by atoms with Crippen molar-refractivity contribution in [1.29, 1.82) is 10.5 Å². The number of nitrogens with one attached hydrogen (secondary N) is 2. The average molecular weight is 596 g/mol. The number of rotatable bonds is 4. The second kappa shape index (κ2) is 8.70. The zero-order chi connectivity index (χ0) is 23.9. The van der Waals surface area contributed by atoms with Gasteiger partial charge in [0, 0.05) is 0 Å². The Morgan fingerprint density at radius 3 is 1.16 bits per heavy atom. The molecular formula is C22H28N6P2Se2. The summed E-state index contributed by atoms with van der Waals surface area (Å²) >= 11 is 7.10. The van der Waals surface area contributed by atoms with E-state index in [1.807, 2.05) is 48.5 Å². The maximum atomic E-state index is 9.15. The van der Waals surface area contributed by atoms with Gasteiger partial charge in [0.05, 0.1) is 0 Å². The minimum atomic E-state index is -2.11. The fraction of sp³-hybridized carbons (Fsp3) is 0.364. The van der Waals surface area contributed by atoms with Crippen LogP contribution in [0.2, 0.25) is 0 Å². The molecule has 0 unspecified atom stereocenters. The summed E-state index contributed by atoms with van der Waals surface area (Å²) in [6.45, 7) is 13.4. The fourth-order valence-electron chi connectivity index (χ4n) is 3.85. The van der Waals surface area contributed by atoms with Crippen molar-refractivity contribution in [2.75, 3.05) is 10.2 Å². The zero-order valence-electron chi connectivity index (χ0n) is 19.1. The van der Waals surface area contributed by atoms with Crippen molar-refractivity contribution in [3.63, 3.8) is 0 Å². The number of benzene rings is 2.